The van der Waals surface area contributed by atoms with E-state index in [9.17, 15) is 13.6 Å². The van der Waals surface area contributed by atoms with Gasteiger partial charge in [-0.05, 0) is 40.2 Å². The minimum atomic E-state index is -0.723. The van der Waals surface area contributed by atoms with Crippen LogP contribution in [0.3, 0.4) is 0 Å². The fourth-order valence-corrected chi connectivity index (χ4v) is 1.50. The molecule has 1 heterocycles. The lowest BCUT2D eigenvalue weighted by Crippen LogP contribution is -1.86. The zero-order valence-electron chi connectivity index (χ0n) is 7.84. The maximum atomic E-state index is 13.2. The van der Waals surface area contributed by atoms with Crippen molar-refractivity contribution in [3.05, 3.63) is 46.1 Å². The van der Waals surface area contributed by atoms with Gasteiger partial charge in [0, 0.05) is 5.56 Å². The second kappa shape index (κ2) is 4.17. The van der Waals surface area contributed by atoms with Crippen molar-refractivity contribution in [3.63, 3.8) is 0 Å². The van der Waals surface area contributed by atoms with E-state index in [0.29, 0.717) is 6.29 Å². The summed E-state index contributed by atoms with van der Waals surface area (Å²) in [5.74, 6) is -1.09. The van der Waals surface area contributed by atoms with Gasteiger partial charge in [0.25, 0.3) is 0 Å². The van der Waals surface area contributed by atoms with Crippen molar-refractivity contribution >= 4 is 22.2 Å². The van der Waals surface area contributed by atoms with Gasteiger partial charge < -0.3 is 4.42 Å². The van der Waals surface area contributed by atoms with Crippen molar-refractivity contribution in [2.45, 2.75) is 0 Å². The van der Waals surface area contributed by atoms with Gasteiger partial charge in [0.15, 0.2) is 12.0 Å². The predicted molar refractivity (Wildman–Crippen MR) is 57.1 cm³/mol. The van der Waals surface area contributed by atoms with E-state index >= 15 is 0 Å². The molecule has 0 aliphatic rings. The Kier molecular flexibility index (Phi) is 2.87. The molecule has 2 aromatic rings. The lowest BCUT2D eigenvalue weighted by Gasteiger charge is -2.00. The van der Waals surface area contributed by atoms with E-state index in [-0.39, 0.29) is 21.6 Å². The smallest absolute Gasteiger partial charge is 0.185 e. The van der Waals surface area contributed by atoms with Crippen LogP contribution in [0, 0.1) is 11.6 Å². The number of hydrogen-bond donors (Lipinski definition) is 0. The zero-order chi connectivity index (χ0) is 11.7. The molecule has 82 valence electrons. The maximum absolute atomic E-state index is 13.2. The number of benzene rings is 1. The average molecular weight is 287 g/mol. The Bertz CT molecular complexity index is 526. The van der Waals surface area contributed by atoms with Crippen LogP contribution in [-0.2, 0) is 0 Å². The predicted octanol–water partition coefficient (Wildman–Crippen LogP) is 3.80. The molecule has 16 heavy (non-hydrogen) atoms. The van der Waals surface area contributed by atoms with Crippen LogP contribution in [0.25, 0.3) is 11.3 Å². The van der Waals surface area contributed by atoms with E-state index in [1.807, 2.05) is 0 Å². The summed E-state index contributed by atoms with van der Waals surface area (Å²) in [5, 5.41) is 0. The molecule has 0 atom stereocenters. The molecule has 0 unspecified atom stereocenters. The standard InChI is InChI=1S/C11H5BrF2O2/c12-11-8(13)3-6(4-9(11)14)10-2-1-7(5-15)16-10/h1-5H. The van der Waals surface area contributed by atoms with E-state index in [1.165, 1.54) is 12.1 Å². The highest BCUT2D eigenvalue weighted by atomic mass is 79.9. The molecule has 1 aromatic heterocycles. The first kappa shape index (κ1) is 11.0. The summed E-state index contributed by atoms with van der Waals surface area (Å²) in [5.41, 5.74) is 0.242. The molecule has 2 nitrogen and oxygen atoms in total. The third-order valence-electron chi connectivity index (χ3n) is 2.01. The van der Waals surface area contributed by atoms with E-state index in [1.54, 1.807) is 0 Å². The molecule has 2 rings (SSSR count). The highest BCUT2D eigenvalue weighted by molar-refractivity contribution is 9.10. The Morgan fingerprint density at radius 1 is 1.19 bits per heavy atom. The topological polar surface area (TPSA) is 30.2 Å². The minimum Gasteiger partial charge on any atom is -0.453 e. The van der Waals surface area contributed by atoms with Crippen molar-refractivity contribution in [2.75, 3.05) is 0 Å². The Balaban J connectivity index is 2.52. The molecule has 1 aromatic carbocycles. The van der Waals surface area contributed by atoms with Crippen molar-refractivity contribution in [3.8, 4) is 11.3 Å². The Hall–Kier alpha value is -1.49. The molecule has 0 saturated heterocycles. The van der Waals surface area contributed by atoms with E-state index in [0.717, 1.165) is 12.1 Å². The third kappa shape index (κ3) is 1.90. The first-order chi connectivity index (χ1) is 7.61. The van der Waals surface area contributed by atoms with E-state index < -0.39 is 11.6 Å². The maximum Gasteiger partial charge on any atom is 0.185 e. The Morgan fingerprint density at radius 2 is 1.81 bits per heavy atom. The second-order valence-corrected chi connectivity index (χ2v) is 3.87. The van der Waals surface area contributed by atoms with E-state index in [4.69, 9.17) is 4.42 Å². The SMILES string of the molecule is O=Cc1ccc(-c2cc(F)c(Br)c(F)c2)o1. The van der Waals surface area contributed by atoms with Gasteiger partial charge in [-0.15, -0.1) is 0 Å². The Morgan fingerprint density at radius 3 is 2.31 bits per heavy atom. The molecule has 0 fully saturated rings. The van der Waals surface area contributed by atoms with Crippen LogP contribution in [0.1, 0.15) is 10.6 Å². The summed E-state index contributed by atoms with van der Waals surface area (Å²) < 4.78 is 31.3. The van der Waals surface area contributed by atoms with Crippen LogP contribution in [0.4, 0.5) is 8.78 Å². The van der Waals surface area contributed by atoms with Crippen LogP contribution in [0.5, 0.6) is 0 Å². The van der Waals surface area contributed by atoms with Gasteiger partial charge in [0.1, 0.15) is 17.4 Å². The van der Waals surface area contributed by atoms with Crippen LogP contribution in [0.2, 0.25) is 0 Å². The van der Waals surface area contributed by atoms with Crippen molar-refractivity contribution in [1.82, 2.24) is 0 Å². The number of rotatable bonds is 2. The average Bonchev–Trinajstić information content (AvgIpc) is 2.73. The quantitative estimate of drug-likeness (QED) is 0.621. The van der Waals surface area contributed by atoms with Gasteiger partial charge in [0.05, 0.1) is 4.47 Å². The largest absolute Gasteiger partial charge is 0.453 e. The van der Waals surface area contributed by atoms with Gasteiger partial charge in [-0.1, -0.05) is 0 Å². The van der Waals surface area contributed by atoms with Gasteiger partial charge in [-0.2, -0.15) is 0 Å². The molecular weight excluding hydrogens is 282 g/mol. The van der Waals surface area contributed by atoms with Gasteiger partial charge in [-0.3, -0.25) is 4.79 Å². The number of carbonyl (C=O) groups is 1. The molecule has 0 aliphatic carbocycles. The first-order valence-corrected chi connectivity index (χ1v) is 5.11. The van der Waals surface area contributed by atoms with Gasteiger partial charge in [-0.25, -0.2) is 8.78 Å². The normalized spacial score (nSPS) is 10.4. The lowest BCUT2D eigenvalue weighted by atomic mass is 10.1. The van der Waals surface area contributed by atoms with Crippen molar-refractivity contribution < 1.29 is 18.0 Å². The highest BCUT2D eigenvalue weighted by Crippen LogP contribution is 2.28. The molecule has 0 spiro atoms. The fourth-order valence-electron chi connectivity index (χ4n) is 1.27. The number of furan rings is 1. The number of carbonyl (C=O) groups excluding carboxylic acids is 1. The molecule has 0 bridgehead atoms. The van der Waals surface area contributed by atoms with Crippen LogP contribution in [-0.4, -0.2) is 6.29 Å². The summed E-state index contributed by atoms with van der Waals surface area (Å²) in [6, 6.07) is 5.16. The molecule has 0 aliphatic heterocycles. The monoisotopic (exact) mass is 286 g/mol. The minimum absolute atomic E-state index is 0.110. The number of aldehydes is 1. The van der Waals surface area contributed by atoms with Crippen LogP contribution < -0.4 is 0 Å². The highest BCUT2D eigenvalue weighted by Gasteiger charge is 2.11. The molecule has 0 saturated carbocycles. The lowest BCUT2D eigenvalue weighted by molar-refractivity contribution is 0.110. The molecule has 0 amide bonds. The summed E-state index contributed by atoms with van der Waals surface area (Å²) >= 11 is 2.77. The third-order valence-corrected chi connectivity index (χ3v) is 2.77. The fraction of sp³-hybridized carbons (Fsp3) is 0. The summed E-state index contributed by atoms with van der Waals surface area (Å²) in [6.07, 6.45) is 0.523. The molecule has 5 heteroatoms. The van der Waals surface area contributed by atoms with Crippen molar-refractivity contribution in [2.24, 2.45) is 0 Å². The second-order valence-electron chi connectivity index (χ2n) is 3.07. The zero-order valence-corrected chi connectivity index (χ0v) is 9.42. The van der Waals surface area contributed by atoms with Gasteiger partial charge in [0.2, 0.25) is 0 Å². The molecule has 0 radical (unpaired) electrons. The van der Waals surface area contributed by atoms with Crippen LogP contribution >= 0.6 is 15.9 Å². The van der Waals surface area contributed by atoms with Crippen LogP contribution in [0.15, 0.2) is 33.2 Å². The molecular formula is C11H5BrF2O2. The van der Waals surface area contributed by atoms with E-state index in [2.05, 4.69) is 15.9 Å². The summed E-state index contributed by atoms with van der Waals surface area (Å²) in [4.78, 5) is 10.4. The summed E-state index contributed by atoms with van der Waals surface area (Å²) in [7, 11) is 0. The van der Waals surface area contributed by atoms with Gasteiger partial charge >= 0.3 is 0 Å². The molecule has 0 N–H and O–H groups in total. The van der Waals surface area contributed by atoms with Crippen molar-refractivity contribution in [1.29, 1.82) is 0 Å². The Labute approximate surface area is 98.0 Å². The summed E-state index contributed by atoms with van der Waals surface area (Å²) in [6.45, 7) is 0. The number of hydrogen-bond acceptors (Lipinski definition) is 2. The first-order valence-electron chi connectivity index (χ1n) is 4.31. The number of halogens is 3.